The third-order valence-electron chi connectivity index (χ3n) is 6.05. The van der Waals surface area contributed by atoms with Crippen molar-refractivity contribution >= 4 is 27.7 Å². The average molecular weight is 484 g/mol. The highest BCUT2D eigenvalue weighted by Crippen LogP contribution is 2.29. The molecule has 1 saturated heterocycles. The number of guanidine groups is 1. The average Bonchev–Trinajstić information content (AvgIpc) is 3.29. The molecule has 1 fully saturated rings. The minimum Gasteiger partial charge on any atom is -0.393 e. The van der Waals surface area contributed by atoms with E-state index in [-0.39, 0.29) is 30.8 Å². The monoisotopic (exact) mass is 483 g/mol. The number of aliphatic imine (C=N–C) groups is 1. The SMILES string of the molecule is CN=C(NS(=O)(=O)N1CCC(O)CC1)N1CC(c2ccccc2)C(c2ccc(C(=N)N)cc2)=N1. The van der Waals surface area contributed by atoms with Gasteiger partial charge in [0, 0.05) is 31.6 Å². The maximum Gasteiger partial charge on any atom is 0.303 e. The van der Waals surface area contributed by atoms with Crippen LogP contribution in [0.2, 0.25) is 0 Å². The van der Waals surface area contributed by atoms with Crippen LogP contribution in [0.25, 0.3) is 0 Å². The van der Waals surface area contributed by atoms with Crippen molar-refractivity contribution in [3.8, 4) is 0 Å². The molecule has 180 valence electrons. The summed E-state index contributed by atoms with van der Waals surface area (Å²) in [4.78, 5) is 4.18. The summed E-state index contributed by atoms with van der Waals surface area (Å²) in [5, 5.41) is 23.7. The number of rotatable bonds is 5. The Morgan fingerprint density at radius 2 is 1.79 bits per heavy atom. The first kappa shape index (κ1) is 23.9. The van der Waals surface area contributed by atoms with Gasteiger partial charge in [-0.2, -0.15) is 17.8 Å². The highest BCUT2D eigenvalue weighted by atomic mass is 32.2. The van der Waals surface area contributed by atoms with E-state index < -0.39 is 16.3 Å². The molecule has 0 aromatic heterocycles. The van der Waals surface area contributed by atoms with Gasteiger partial charge in [-0.25, -0.2) is 9.73 Å². The smallest absolute Gasteiger partial charge is 0.303 e. The molecule has 10 nitrogen and oxygen atoms in total. The lowest BCUT2D eigenvalue weighted by atomic mass is 9.90. The Hall–Kier alpha value is -3.28. The number of piperidine rings is 1. The van der Waals surface area contributed by atoms with E-state index in [1.165, 1.54) is 11.4 Å². The van der Waals surface area contributed by atoms with Crippen LogP contribution in [0.3, 0.4) is 0 Å². The molecule has 1 unspecified atom stereocenters. The van der Waals surface area contributed by atoms with Crippen LogP contribution in [0.5, 0.6) is 0 Å². The standard InChI is InChI=1S/C23H29N7O3S/c1-26-23(28-34(32,33)29-13-11-19(31)12-14-29)30-15-20(16-5-3-2-4-6-16)21(27-30)17-7-9-18(10-8-17)22(24)25/h2-10,19-20,31H,11-15H2,1H3,(H3,24,25)(H,26,28). The molecule has 4 rings (SSSR count). The quantitative estimate of drug-likeness (QED) is 0.371. The van der Waals surface area contributed by atoms with E-state index >= 15 is 0 Å². The third kappa shape index (κ3) is 5.11. The van der Waals surface area contributed by atoms with E-state index in [1.807, 2.05) is 42.5 Å². The fourth-order valence-corrected chi connectivity index (χ4v) is 5.39. The Kier molecular flexibility index (Phi) is 6.96. The molecule has 2 heterocycles. The number of hydrazone groups is 1. The molecular formula is C23H29N7O3S. The molecule has 1 atom stereocenters. The highest BCUT2D eigenvalue weighted by molar-refractivity contribution is 7.87. The third-order valence-corrected chi connectivity index (χ3v) is 7.53. The number of nitrogens with zero attached hydrogens (tertiary/aromatic N) is 4. The van der Waals surface area contributed by atoms with E-state index in [9.17, 15) is 13.5 Å². The van der Waals surface area contributed by atoms with Crippen molar-refractivity contribution in [1.82, 2.24) is 14.0 Å². The lowest BCUT2D eigenvalue weighted by Gasteiger charge is -2.29. The van der Waals surface area contributed by atoms with Crippen LogP contribution in [0.15, 0.2) is 64.7 Å². The van der Waals surface area contributed by atoms with Gasteiger partial charge in [-0.05, 0) is 24.0 Å². The second kappa shape index (κ2) is 9.92. The summed E-state index contributed by atoms with van der Waals surface area (Å²) in [6.45, 7) is 0.899. The topological polar surface area (TPSA) is 147 Å². The Labute approximate surface area is 199 Å². The van der Waals surface area contributed by atoms with Gasteiger partial charge >= 0.3 is 10.2 Å². The largest absolute Gasteiger partial charge is 0.393 e. The number of nitrogens with one attached hydrogen (secondary N) is 2. The van der Waals surface area contributed by atoms with Gasteiger partial charge in [0.05, 0.1) is 18.4 Å². The number of nitrogens with two attached hydrogens (primary N) is 1. The Bertz CT molecular complexity index is 1190. The van der Waals surface area contributed by atoms with Crippen molar-refractivity contribution in [2.75, 3.05) is 26.7 Å². The van der Waals surface area contributed by atoms with Crippen LogP contribution in [-0.4, -0.2) is 73.1 Å². The zero-order chi connectivity index (χ0) is 24.3. The number of benzene rings is 2. The van der Waals surface area contributed by atoms with Gasteiger partial charge in [-0.15, -0.1) is 0 Å². The number of hydrogen-bond donors (Lipinski definition) is 4. The molecular weight excluding hydrogens is 454 g/mol. The van der Waals surface area contributed by atoms with E-state index in [2.05, 4.69) is 9.71 Å². The molecule has 0 bridgehead atoms. The summed E-state index contributed by atoms with van der Waals surface area (Å²) in [6, 6.07) is 17.1. The van der Waals surface area contributed by atoms with Crippen molar-refractivity contribution in [3.05, 3.63) is 71.3 Å². The lowest BCUT2D eigenvalue weighted by Crippen LogP contribution is -2.50. The molecule has 0 saturated carbocycles. The van der Waals surface area contributed by atoms with Crippen LogP contribution in [0.1, 0.15) is 35.4 Å². The molecule has 11 heteroatoms. The normalized spacial score (nSPS) is 20.3. The van der Waals surface area contributed by atoms with Gasteiger partial charge < -0.3 is 10.8 Å². The maximum absolute atomic E-state index is 13.0. The molecule has 0 spiro atoms. The lowest BCUT2D eigenvalue weighted by molar-refractivity contribution is 0.113. The molecule has 2 aliphatic heterocycles. The number of hydrogen-bond acceptors (Lipinski definition) is 6. The summed E-state index contributed by atoms with van der Waals surface area (Å²) in [5.41, 5.74) is 8.87. The zero-order valence-electron chi connectivity index (χ0n) is 18.9. The van der Waals surface area contributed by atoms with Crippen molar-refractivity contribution in [3.63, 3.8) is 0 Å². The molecule has 0 amide bonds. The summed E-state index contributed by atoms with van der Waals surface area (Å²) in [6.07, 6.45) is 0.327. The van der Waals surface area contributed by atoms with Crippen molar-refractivity contribution in [2.45, 2.75) is 24.9 Å². The molecule has 2 aliphatic rings. The van der Waals surface area contributed by atoms with E-state index in [4.69, 9.17) is 16.2 Å². The predicted octanol–water partition coefficient (Wildman–Crippen LogP) is 1.05. The first-order chi connectivity index (χ1) is 16.3. The van der Waals surface area contributed by atoms with Gasteiger partial charge in [-0.3, -0.25) is 10.4 Å². The summed E-state index contributed by atoms with van der Waals surface area (Å²) >= 11 is 0. The predicted molar refractivity (Wildman–Crippen MR) is 132 cm³/mol. The second-order valence-corrected chi connectivity index (χ2v) is 9.98. The van der Waals surface area contributed by atoms with Crippen molar-refractivity contribution in [1.29, 1.82) is 5.41 Å². The summed E-state index contributed by atoms with van der Waals surface area (Å²) < 4.78 is 29.8. The number of aliphatic hydroxyl groups excluding tert-OH is 1. The van der Waals surface area contributed by atoms with Gasteiger partial charge in [0.1, 0.15) is 5.84 Å². The van der Waals surface area contributed by atoms with Gasteiger partial charge in [-0.1, -0.05) is 54.6 Å². The first-order valence-electron chi connectivity index (χ1n) is 11.1. The minimum absolute atomic E-state index is 0.0128. The number of amidine groups is 1. The zero-order valence-corrected chi connectivity index (χ0v) is 19.7. The van der Waals surface area contributed by atoms with Crippen molar-refractivity contribution < 1.29 is 13.5 Å². The van der Waals surface area contributed by atoms with Gasteiger partial charge in [0.25, 0.3) is 0 Å². The second-order valence-electron chi connectivity index (χ2n) is 8.31. The number of nitrogen functional groups attached to an aromatic ring is 1. The van der Waals surface area contributed by atoms with Gasteiger partial charge in [0.15, 0.2) is 0 Å². The van der Waals surface area contributed by atoms with Crippen LogP contribution < -0.4 is 10.5 Å². The fourth-order valence-electron chi connectivity index (χ4n) is 4.14. The van der Waals surface area contributed by atoms with Crippen LogP contribution in [-0.2, 0) is 10.2 Å². The molecule has 0 radical (unpaired) electrons. The van der Waals surface area contributed by atoms with Crippen LogP contribution >= 0.6 is 0 Å². The number of aliphatic hydroxyl groups is 1. The fraction of sp³-hybridized carbons (Fsp3) is 0.348. The van der Waals surface area contributed by atoms with E-state index in [1.54, 1.807) is 17.1 Å². The highest BCUT2D eigenvalue weighted by Gasteiger charge is 2.34. The molecule has 5 N–H and O–H groups in total. The van der Waals surface area contributed by atoms with Crippen molar-refractivity contribution in [2.24, 2.45) is 15.8 Å². The molecule has 2 aromatic rings. The molecule has 0 aliphatic carbocycles. The van der Waals surface area contributed by atoms with Gasteiger partial charge in [0.2, 0.25) is 5.96 Å². The molecule has 2 aromatic carbocycles. The maximum atomic E-state index is 13.0. The van der Waals surface area contributed by atoms with Crippen LogP contribution in [0.4, 0.5) is 0 Å². The van der Waals surface area contributed by atoms with E-state index in [0.717, 1.165) is 16.8 Å². The Balaban J connectivity index is 1.62. The van der Waals surface area contributed by atoms with E-state index in [0.29, 0.717) is 24.9 Å². The summed E-state index contributed by atoms with van der Waals surface area (Å²) in [5.74, 6) is -0.000590. The Morgan fingerprint density at radius 1 is 1.15 bits per heavy atom. The molecule has 34 heavy (non-hydrogen) atoms. The minimum atomic E-state index is -3.84. The summed E-state index contributed by atoms with van der Waals surface area (Å²) in [7, 11) is -2.32. The van der Waals surface area contributed by atoms with Crippen LogP contribution in [0, 0.1) is 5.41 Å². The first-order valence-corrected chi connectivity index (χ1v) is 12.5. The Morgan fingerprint density at radius 3 is 2.38 bits per heavy atom.